The Balaban J connectivity index is 1.77. The number of rotatable bonds is 7. The third-order valence-electron chi connectivity index (χ3n) is 3.67. The molecule has 144 valence electrons. The molecule has 2 N–H and O–H groups in total. The second-order valence-electron chi connectivity index (χ2n) is 5.93. The molecule has 0 aromatic heterocycles. The number of benzene rings is 2. The Morgan fingerprint density at radius 1 is 1.14 bits per heavy atom. The van der Waals surface area contributed by atoms with Crippen molar-refractivity contribution in [2.75, 3.05) is 18.5 Å². The van der Waals surface area contributed by atoms with E-state index < -0.39 is 24.4 Å². The van der Waals surface area contributed by atoms with Gasteiger partial charge in [0.05, 0.1) is 0 Å². The van der Waals surface area contributed by atoms with Gasteiger partial charge in [0.2, 0.25) is 0 Å². The number of hydrogen-bond donors (Lipinski definition) is 2. The highest BCUT2D eigenvalue weighted by Gasteiger charge is 2.12. The predicted octanol–water partition coefficient (Wildman–Crippen LogP) is 2.79. The summed E-state index contributed by atoms with van der Waals surface area (Å²) in [5, 5.41) is 15.7. The zero-order chi connectivity index (χ0) is 20.5. The van der Waals surface area contributed by atoms with Crippen molar-refractivity contribution in [3.05, 3.63) is 59.2 Å². The number of nitrogens with one attached hydrogen (secondary N) is 2. The molecule has 2 aromatic rings. The minimum Gasteiger partial charge on any atom is -0.454 e. The van der Waals surface area contributed by atoms with Crippen molar-refractivity contribution in [3.63, 3.8) is 0 Å². The van der Waals surface area contributed by atoms with E-state index in [0.717, 1.165) is 27.8 Å². The summed E-state index contributed by atoms with van der Waals surface area (Å²) in [5.41, 5.74) is 2.72. The number of thioether (sulfide) groups is 1. The minimum absolute atomic E-state index is 0.334. The van der Waals surface area contributed by atoms with Gasteiger partial charge in [0.25, 0.3) is 11.8 Å². The van der Waals surface area contributed by atoms with Gasteiger partial charge in [-0.1, -0.05) is 17.7 Å². The number of nitrogens with zero attached hydrogens (tertiary/aromatic N) is 1. The first-order chi connectivity index (χ1) is 13.4. The molecule has 0 atom stereocenters. The van der Waals surface area contributed by atoms with Crippen LogP contribution in [0.4, 0.5) is 5.69 Å². The molecule has 0 spiro atoms. The number of esters is 1. The Morgan fingerprint density at radius 3 is 2.61 bits per heavy atom. The van der Waals surface area contributed by atoms with E-state index in [2.05, 4.69) is 10.6 Å². The normalized spacial score (nSPS) is 9.89. The largest absolute Gasteiger partial charge is 0.454 e. The average molecular weight is 397 g/mol. The van der Waals surface area contributed by atoms with E-state index in [1.165, 1.54) is 0 Å². The lowest BCUT2D eigenvalue weighted by molar-refractivity contribution is -0.146. The lowest BCUT2D eigenvalue weighted by Crippen LogP contribution is -2.32. The molecule has 0 saturated carbocycles. The molecule has 7 nitrogen and oxygen atoms in total. The molecule has 0 aliphatic carbocycles. The molecule has 28 heavy (non-hydrogen) atoms. The number of carbonyl (C=O) groups excluding carboxylic acids is 3. The Morgan fingerprint density at radius 2 is 1.93 bits per heavy atom. The third kappa shape index (κ3) is 6.45. The Hall–Kier alpha value is -3.31. The predicted molar refractivity (Wildman–Crippen MR) is 106 cm³/mol. The van der Waals surface area contributed by atoms with Gasteiger partial charge in [-0.25, -0.2) is 0 Å². The molecule has 0 heterocycles. The Kier molecular flexibility index (Phi) is 7.60. The number of hydrogen-bond acceptors (Lipinski definition) is 6. The number of thiocyanates is 1. The van der Waals surface area contributed by atoms with E-state index in [0.29, 0.717) is 11.3 Å². The van der Waals surface area contributed by atoms with Crippen molar-refractivity contribution in [1.29, 1.82) is 5.26 Å². The van der Waals surface area contributed by atoms with E-state index in [-0.39, 0.29) is 6.54 Å². The summed E-state index contributed by atoms with van der Waals surface area (Å²) >= 11 is 1.03. The fourth-order valence-electron chi connectivity index (χ4n) is 2.32. The molecule has 8 heteroatoms. The van der Waals surface area contributed by atoms with Crippen LogP contribution in [-0.4, -0.2) is 30.9 Å². The molecule has 2 amide bonds. The first-order valence-corrected chi connectivity index (χ1v) is 9.17. The maximum Gasteiger partial charge on any atom is 0.325 e. The van der Waals surface area contributed by atoms with Crippen LogP contribution in [-0.2, 0) is 14.3 Å². The number of carbonyl (C=O) groups is 3. The summed E-state index contributed by atoms with van der Waals surface area (Å²) in [6.45, 7) is 2.86. The summed E-state index contributed by atoms with van der Waals surface area (Å²) in [4.78, 5) is 36.4. The molecule has 0 radical (unpaired) electrons. The topological polar surface area (TPSA) is 108 Å². The van der Waals surface area contributed by atoms with Crippen molar-refractivity contribution >= 4 is 35.2 Å². The second-order valence-corrected chi connectivity index (χ2v) is 6.79. The fourth-order valence-corrected chi connectivity index (χ4v) is 2.79. The molecule has 0 aliphatic heterocycles. The number of amides is 2. The highest BCUT2D eigenvalue weighted by molar-refractivity contribution is 8.03. The first kappa shape index (κ1) is 21.0. The van der Waals surface area contributed by atoms with Gasteiger partial charge in [0, 0.05) is 16.1 Å². The van der Waals surface area contributed by atoms with Gasteiger partial charge in [0.15, 0.2) is 6.61 Å². The van der Waals surface area contributed by atoms with Crippen LogP contribution in [0, 0.1) is 24.5 Å². The zero-order valence-corrected chi connectivity index (χ0v) is 16.3. The molecule has 0 saturated heterocycles. The molecule has 0 unspecified atom stereocenters. The van der Waals surface area contributed by atoms with Crippen LogP contribution >= 0.6 is 11.8 Å². The smallest absolute Gasteiger partial charge is 0.325 e. The third-order valence-corrected chi connectivity index (χ3v) is 4.25. The van der Waals surface area contributed by atoms with Crippen molar-refractivity contribution in [2.45, 2.75) is 18.7 Å². The maximum atomic E-state index is 12.0. The summed E-state index contributed by atoms with van der Waals surface area (Å²) in [6, 6.07) is 12.1. The zero-order valence-electron chi connectivity index (χ0n) is 15.4. The average Bonchev–Trinajstić information content (AvgIpc) is 2.67. The van der Waals surface area contributed by atoms with Crippen LogP contribution in [0.15, 0.2) is 47.4 Å². The first-order valence-electron chi connectivity index (χ1n) is 8.36. The molecule has 0 fully saturated rings. The van der Waals surface area contributed by atoms with Crippen molar-refractivity contribution in [1.82, 2.24) is 5.32 Å². The van der Waals surface area contributed by atoms with Crippen LogP contribution in [0.3, 0.4) is 0 Å². The van der Waals surface area contributed by atoms with E-state index >= 15 is 0 Å². The summed E-state index contributed by atoms with van der Waals surface area (Å²) < 4.78 is 4.88. The van der Waals surface area contributed by atoms with Gasteiger partial charge in [0.1, 0.15) is 11.9 Å². The van der Waals surface area contributed by atoms with Gasteiger partial charge >= 0.3 is 5.97 Å². The van der Waals surface area contributed by atoms with Crippen LogP contribution in [0.5, 0.6) is 0 Å². The lowest BCUT2D eigenvalue weighted by Gasteiger charge is -2.10. The SMILES string of the molecule is Cc1cccc(C(=O)NCC(=O)OCC(=O)Nc2ccc(SC#N)cc2C)c1. The van der Waals surface area contributed by atoms with E-state index in [1.807, 2.05) is 18.4 Å². The van der Waals surface area contributed by atoms with E-state index in [4.69, 9.17) is 10.00 Å². The van der Waals surface area contributed by atoms with Crippen molar-refractivity contribution in [2.24, 2.45) is 0 Å². The molecule has 2 rings (SSSR count). The fraction of sp³-hybridized carbons (Fsp3) is 0.200. The molecular weight excluding hydrogens is 378 g/mol. The quantitative estimate of drug-likeness (QED) is 0.422. The van der Waals surface area contributed by atoms with Gasteiger partial charge in [-0.15, -0.1) is 0 Å². The Bertz CT molecular complexity index is 937. The number of anilines is 1. The molecule has 0 aliphatic rings. The van der Waals surface area contributed by atoms with Crippen LogP contribution in [0.1, 0.15) is 21.5 Å². The maximum absolute atomic E-state index is 12.0. The van der Waals surface area contributed by atoms with Crippen LogP contribution in [0.25, 0.3) is 0 Å². The van der Waals surface area contributed by atoms with Crippen molar-refractivity contribution < 1.29 is 19.1 Å². The monoisotopic (exact) mass is 397 g/mol. The van der Waals surface area contributed by atoms with Crippen molar-refractivity contribution in [3.8, 4) is 5.40 Å². The number of aryl methyl sites for hydroxylation is 2. The molecule has 2 aromatic carbocycles. The van der Waals surface area contributed by atoms with Gasteiger partial charge < -0.3 is 15.4 Å². The molecule has 0 bridgehead atoms. The standard InChI is InChI=1S/C20H19N3O4S/c1-13-4-3-5-15(8-13)20(26)22-10-19(25)27-11-18(24)23-17-7-6-16(28-12-21)9-14(17)2/h3-9H,10-11H2,1-2H3,(H,22,26)(H,23,24). The van der Waals surface area contributed by atoms with Crippen LogP contribution < -0.4 is 10.6 Å². The van der Waals surface area contributed by atoms with E-state index in [9.17, 15) is 14.4 Å². The summed E-state index contributed by atoms with van der Waals surface area (Å²) in [7, 11) is 0. The van der Waals surface area contributed by atoms with Crippen LogP contribution in [0.2, 0.25) is 0 Å². The highest BCUT2D eigenvalue weighted by atomic mass is 32.2. The van der Waals surface area contributed by atoms with Gasteiger partial charge in [-0.3, -0.25) is 14.4 Å². The lowest BCUT2D eigenvalue weighted by atomic mass is 10.1. The minimum atomic E-state index is -0.714. The molecular formula is C20H19N3O4S. The highest BCUT2D eigenvalue weighted by Crippen LogP contribution is 2.23. The summed E-state index contributed by atoms with van der Waals surface area (Å²) in [6.07, 6.45) is 0. The Labute approximate surface area is 167 Å². The van der Waals surface area contributed by atoms with Gasteiger partial charge in [-0.05, 0) is 61.5 Å². The second kappa shape index (κ2) is 10.1. The van der Waals surface area contributed by atoms with E-state index in [1.54, 1.807) is 43.3 Å². The number of nitriles is 1. The summed E-state index contributed by atoms with van der Waals surface area (Å²) in [5.74, 6) is -1.60. The number of ether oxygens (including phenoxy) is 1. The van der Waals surface area contributed by atoms with Gasteiger partial charge in [-0.2, -0.15) is 5.26 Å².